The zero-order chi connectivity index (χ0) is 25.6. The molecule has 0 spiro atoms. The first-order valence-electron chi connectivity index (χ1n) is 10.8. The number of hydrogen-bond acceptors (Lipinski definition) is 5. The van der Waals surface area contributed by atoms with Crippen molar-refractivity contribution in [3.05, 3.63) is 89.9 Å². The minimum atomic E-state index is -4.67. The van der Waals surface area contributed by atoms with Crippen molar-refractivity contribution < 1.29 is 18.0 Å². The van der Waals surface area contributed by atoms with Gasteiger partial charge in [0.05, 0.1) is 17.3 Å². The van der Waals surface area contributed by atoms with E-state index in [2.05, 4.69) is 15.1 Å². The van der Waals surface area contributed by atoms with Crippen LogP contribution in [-0.4, -0.2) is 25.7 Å². The lowest BCUT2D eigenvalue weighted by atomic mass is 9.89. The Morgan fingerprint density at radius 3 is 2.47 bits per heavy atom. The first-order valence-corrected chi connectivity index (χ1v) is 10.8. The van der Waals surface area contributed by atoms with E-state index < -0.39 is 17.6 Å². The lowest BCUT2D eigenvalue weighted by Crippen LogP contribution is -2.16. The third-order valence-corrected chi connectivity index (χ3v) is 5.93. The van der Waals surface area contributed by atoms with Gasteiger partial charge in [0, 0.05) is 22.6 Å². The van der Waals surface area contributed by atoms with Gasteiger partial charge in [-0.05, 0) is 53.4 Å². The largest absolute Gasteiger partial charge is 0.417 e. The monoisotopic (exact) mass is 488 g/mol. The number of amides is 1. The number of aryl methyl sites for hydroxylation is 1. The summed E-state index contributed by atoms with van der Waals surface area (Å²) < 4.78 is 43.2. The normalized spacial score (nSPS) is 11.7. The summed E-state index contributed by atoms with van der Waals surface area (Å²) in [4.78, 5) is 20.2. The van der Waals surface area contributed by atoms with Gasteiger partial charge in [-0.1, -0.05) is 30.3 Å². The Hall–Kier alpha value is -4.73. The predicted octanol–water partition coefficient (Wildman–Crippen LogP) is 5.16. The number of anilines is 1. The number of fused-ring (bicyclic) bond motifs is 1. The van der Waals surface area contributed by atoms with Crippen LogP contribution < -0.4 is 11.5 Å². The average Bonchev–Trinajstić information content (AvgIpc) is 3.26. The van der Waals surface area contributed by atoms with Crippen molar-refractivity contribution >= 4 is 22.6 Å². The molecule has 0 aliphatic heterocycles. The fraction of sp³-hybridized carbons (Fsp3) is 0.0769. The molecule has 0 aliphatic carbocycles. The van der Waals surface area contributed by atoms with Crippen molar-refractivity contribution in [2.45, 2.75) is 13.1 Å². The molecular formula is C26H19F3N6O. The fourth-order valence-electron chi connectivity index (χ4n) is 4.24. The van der Waals surface area contributed by atoms with Gasteiger partial charge in [0.25, 0.3) is 0 Å². The van der Waals surface area contributed by atoms with Gasteiger partial charge in [0.1, 0.15) is 12.1 Å². The van der Waals surface area contributed by atoms with Crippen LogP contribution in [0.3, 0.4) is 0 Å². The maximum Gasteiger partial charge on any atom is 0.417 e. The van der Waals surface area contributed by atoms with Crippen molar-refractivity contribution in [2.24, 2.45) is 5.73 Å². The number of alkyl halides is 3. The number of carbonyl (C=O) groups is 1. The molecule has 0 saturated heterocycles. The van der Waals surface area contributed by atoms with Crippen LogP contribution in [0.2, 0.25) is 0 Å². The van der Waals surface area contributed by atoms with Crippen molar-refractivity contribution in [2.75, 3.05) is 5.73 Å². The molecule has 5 rings (SSSR count). The Morgan fingerprint density at radius 2 is 1.75 bits per heavy atom. The molecule has 3 aromatic carbocycles. The minimum absolute atomic E-state index is 0.200. The maximum absolute atomic E-state index is 13.9. The Labute approximate surface area is 203 Å². The van der Waals surface area contributed by atoms with Crippen molar-refractivity contribution in [3.8, 4) is 28.1 Å². The number of carbonyl (C=O) groups excluding carboxylic acids is 1. The quantitative estimate of drug-likeness (QED) is 0.363. The Bertz CT molecular complexity index is 1640. The van der Waals surface area contributed by atoms with E-state index in [0.29, 0.717) is 11.4 Å². The van der Waals surface area contributed by atoms with Crippen LogP contribution in [0, 0.1) is 6.92 Å². The number of halogens is 3. The number of aromatic nitrogens is 4. The van der Waals surface area contributed by atoms with Crippen LogP contribution in [0.5, 0.6) is 0 Å². The molecule has 4 N–H and O–H groups in total. The third-order valence-electron chi connectivity index (χ3n) is 5.93. The SMILES string of the molecule is Cc1ccc(-c2c(C(N)=O)cccc2C(F)(F)F)cc1-c1ccc2cnn(-c3cc(N)ncn3)c2c1. The van der Waals surface area contributed by atoms with Crippen molar-refractivity contribution in [3.63, 3.8) is 0 Å². The van der Waals surface area contributed by atoms with Crippen LogP contribution in [-0.2, 0) is 6.18 Å². The number of primary amides is 1. The third kappa shape index (κ3) is 4.02. The molecule has 0 unspecified atom stereocenters. The molecule has 0 saturated carbocycles. The summed E-state index contributed by atoms with van der Waals surface area (Å²) in [7, 11) is 0. The molecule has 7 nitrogen and oxygen atoms in total. The number of nitrogen functional groups attached to an aromatic ring is 1. The van der Waals surface area contributed by atoms with Gasteiger partial charge in [-0.15, -0.1) is 0 Å². The zero-order valence-electron chi connectivity index (χ0n) is 18.9. The van der Waals surface area contributed by atoms with E-state index >= 15 is 0 Å². The highest BCUT2D eigenvalue weighted by atomic mass is 19.4. The summed E-state index contributed by atoms with van der Waals surface area (Å²) in [6, 6.07) is 15.5. The fourth-order valence-corrected chi connectivity index (χ4v) is 4.24. The van der Waals surface area contributed by atoms with Gasteiger partial charge in [-0.2, -0.15) is 18.3 Å². The van der Waals surface area contributed by atoms with Crippen LogP contribution >= 0.6 is 0 Å². The van der Waals surface area contributed by atoms with Crippen LogP contribution in [0.15, 0.2) is 73.2 Å². The number of nitrogens with two attached hydrogens (primary N) is 2. The molecular weight excluding hydrogens is 469 g/mol. The van der Waals surface area contributed by atoms with E-state index in [9.17, 15) is 18.0 Å². The highest BCUT2D eigenvalue weighted by Gasteiger charge is 2.35. The number of nitrogens with zero attached hydrogens (tertiary/aromatic N) is 4. The van der Waals surface area contributed by atoms with E-state index in [0.717, 1.165) is 28.1 Å². The van der Waals surface area contributed by atoms with Crippen molar-refractivity contribution in [1.82, 2.24) is 19.7 Å². The summed E-state index contributed by atoms with van der Waals surface area (Å²) >= 11 is 0. The van der Waals surface area contributed by atoms with E-state index in [1.165, 1.54) is 18.5 Å². The Morgan fingerprint density at radius 1 is 0.972 bits per heavy atom. The number of rotatable bonds is 4. The highest BCUT2D eigenvalue weighted by Crippen LogP contribution is 2.40. The number of hydrogen-bond donors (Lipinski definition) is 2. The summed E-state index contributed by atoms with van der Waals surface area (Å²) in [5, 5.41) is 5.23. The summed E-state index contributed by atoms with van der Waals surface area (Å²) in [6.45, 7) is 1.86. The van der Waals surface area contributed by atoms with Gasteiger partial charge in [0.15, 0.2) is 5.82 Å². The summed E-state index contributed by atoms with van der Waals surface area (Å²) in [5.41, 5.74) is 13.1. The standard InChI is InChI=1S/C26H19F3N6O/c1-14-5-6-16(24-18(25(31)36)3-2-4-20(24)26(27,28)29)9-19(14)15-7-8-17-12-34-35(21(17)10-15)23-11-22(30)32-13-33-23/h2-13H,1H3,(H2,31,36)(H2,30,32,33). The molecule has 0 atom stereocenters. The smallest absolute Gasteiger partial charge is 0.384 e. The van der Waals surface area contributed by atoms with Gasteiger partial charge in [-0.25, -0.2) is 14.6 Å². The highest BCUT2D eigenvalue weighted by molar-refractivity contribution is 6.01. The first kappa shape index (κ1) is 23.0. The average molecular weight is 488 g/mol. The second-order valence-corrected chi connectivity index (χ2v) is 8.25. The number of benzene rings is 3. The Kier molecular flexibility index (Phi) is 5.43. The molecule has 0 fully saturated rings. The van der Waals surface area contributed by atoms with Gasteiger partial charge in [0.2, 0.25) is 5.91 Å². The lowest BCUT2D eigenvalue weighted by molar-refractivity contribution is -0.137. The second kappa shape index (κ2) is 8.49. The van der Waals surface area contributed by atoms with E-state index in [-0.39, 0.29) is 22.5 Å². The second-order valence-electron chi connectivity index (χ2n) is 8.25. The van der Waals surface area contributed by atoms with Gasteiger partial charge < -0.3 is 11.5 Å². The zero-order valence-corrected chi connectivity index (χ0v) is 18.9. The molecule has 0 bridgehead atoms. The van der Waals surface area contributed by atoms with E-state index in [4.69, 9.17) is 11.5 Å². The van der Waals surface area contributed by atoms with Crippen LogP contribution in [0.1, 0.15) is 21.5 Å². The maximum atomic E-state index is 13.9. The van der Waals surface area contributed by atoms with Crippen LogP contribution in [0.25, 0.3) is 39.0 Å². The Balaban J connectivity index is 1.70. The molecule has 2 heterocycles. The van der Waals surface area contributed by atoms with Crippen molar-refractivity contribution in [1.29, 1.82) is 0 Å². The van der Waals surface area contributed by atoms with Gasteiger partial charge >= 0.3 is 6.18 Å². The van der Waals surface area contributed by atoms with Crippen LogP contribution in [0.4, 0.5) is 19.0 Å². The lowest BCUT2D eigenvalue weighted by Gasteiger charge is -2.17. The molecule has 2 aromatic heterocycles. The summed E-state index contributed by atoms with van der Waals surface area (Å²) in [6.07, 6.45) is -1.65. The molecule has 5 aromatic rings. The molecule has 0 radical (unpaired) electrons. The molecule has 10 heteroatoms. The molecule has 0 aliphatic rings. The van der Waals surface area contributed by atoms with E-state index in [1.807, 2.05) is 25.1 Å². The summed E-state index contributed by atoms with van der Waals surface area (Å²) in [5.74, 6) is -0.171. The van der Waals surface area contributed by atoms with E-state index in [1.54, 1.807) is 35.1 Å². The topological polar surface area (TPSA) is 113 Å². The first-order chi connectivity index (χ1) is 17.1. The molecule has 180 valence electrons. The molecule has 36 heavy (non-hydrogen) atoms. The molecule has 1 amide bonds. The predicted molar refractivity (Wildman–Crippen MR) is 130 cm³/mol. The minimum Gasteiger partial charge on any atom is -0.384 e. The van der Waals surface area contributed by atoms with Gasteiger partial charge in [-0.3, -0.25) is 4.79 Å².